The lowest BCUT2D eigenvalue weighted by Gasteiger charge is -2.17. The minimum Gasteiger partial charge on any atom is -0.313 e. The molecule has 0 saturated carbocycles. The van der Waals surface area contributed by atoms with Crippen LogP contribution in [0, 0.1) is 12.7 Å². The summed E-state index contributed by atoms with van der Waals surface area (Å²) in [6, 6.07) is 2.73. The summed E-state index contributed by atoms with van der Waals surface area (Å²) in [4.78, 5) is 11.1. The van der Waals surface area contributed by atoms with Gasteiger partial charge in [-0.3, -0.25) is 4.79 Å². The second-order valence-corrected chi connectivity index (χ2v) is 4.28. The maximum atomic E-state index is 13.4. The van der Waals surface area contributed by atoms with Gasteiger partial charge in [0.05, 0.1) is 0 Å². The number of carbonyl (C=O) groups excluding carboxylic acids is 1. The Kier molecular flexibility index (Phi) is 4.44. The highest BCUT2D eigenvalue weighted by Gasteiger charge is 2.16. The summed E-state index contributed by atoms with van der Waals surface area (Å²) in [5, 5.41) is 3.45. The summed E-state index contributed by atoms with van der Waals surface area (Å²) in [6.45, 7) is 3.16. The first-order chi connectivity index (χ1) is 7.45. The first-order valence-corrected chi connectivity index (χ1v) is 5.45. The third-order valence-corrected chi connectivity index (χ3v) is 2.82. The molecule has 4 heteroatoms. The molecule has 0 radical (unpaired) electrons. The number of rotatable bonds is 4. The quantitative estimate of drug-likeness (QED) is 0.881. The fraction of sp³-hybridized carbons (Fsp3) is 0.417. The first-order valence-electron chi connectivity index (χ1n) is 5.08. The van der Waals surface area contributed by atoms with Gasteiger partial charge in [-0.25, -0.2) is 4.39 Å². The van der Waals surface area contributed by atoms with Crippen LogP contribution < -0.4 is 5.32 Å². The van der Waals surface area contributed by atoms with Crippen LogP contribution in [0.25, 0.3) is 0 Å². The van der Waals surface area contributed by atoms with Crippen molar-refractivity contribution in [2.75, 3.05) is 7.05 Å². The van der Waals surface area contributed by atoms with Crippen LogP contribution in [0.15, 0.2) is 12.1 Å². The molecule has 0 aromatic heterocycles. The van der Waals surface area contributed by atoms with Crippen LogP contribution in [0.3, 0.4) is 0 Å². The average molecular weight is 244 g/mol. The van der Waals surface area contributed by atoms with Gasteiger partial charge in [-0.1, -0.05) is 11.6 Å². The fourth-order valence-corrected chi connectivity index (χ4v) is 1.93. The third-order valence-electron chi connectivity index (χ3n) is 2.49. The van der Waals surface area contributed by atoms with Gasteiger partial charge in [0, 0.05) is 17.5 Å². The van der Waals surface area contributed by atoms with E-state index >= 15 is 0 Å². The molecule has 1 aromatic carbocycles. The van der Waals surface area contributed by atoms with Crippen LogP contribution in [-0.2, 0) is 4.79 Å². The molecule has 1 aromatic rings. The van der Waals surface area contributed by atoms with Gasteiger partial charge < -0.3 is 5.32 Å². The fourth-order valence-electron chi connectivity index (χ4n) is 1.58. The molecule has 0 spiro atoms. The minimum absolute atomic E-state index is 0.0383. The van der Waals surface area contributed by atoms with E-state index in [0.717, 1.165) is 0 Å². The van der Waals surface area contributed by atoms with Crippen LogP contribution in [0.2, 0.25) is 5.02 Å². The predicted molar refractivity (Wildman–Crippen MR) is 63.2 cm³/mol. The Bertz CT molecular complexity index is 406. The zero-order valence-corrected chi connectivity index (χ0v) is 10.4. The van der Waals surface area contributed by atoms with E-state index < -0.39 is 0 Å². The van der Waals surface area contributed by atoms with E-state index in [1.165, 1.54) is 13.0 Å². The lowest BCUT2D eigenvalue weighted by Crippen LogP contribution is -2.19. The second kappa shape index (κ2) is 5.41. The predicted octanol–water partition coefficient (Wildman–Crippen LogP) is 3.03. The molecule has 88 valence electrons. The van der Waals surface area contributed by atoms with Crippen molar-refractivity contribution in [3.05, 3.63) is 34.1 Å². The molecule has 1 rings (SSSR count). The number of nitrogens with one attached hydrogen (secondary N) is 1. The van der Waals surface area contributed by atoms with E-state index in [1.54, 1.807) is 20.0 Å². The van der Waals surface area contributed by atoms with E-state index in [4.69, 9.17) is 11.6 Å². The Morgan fingerprint density at radius 3 is 2.69 bits per heavy atom. The lowest BCUT2D eigenvalue weighted by molar-refractivity contribution is -0.117. The van der Waals surface area contributed by atoms with Crippen LogP contribution in [0.4, 0.5) is 4.39 Å². The summed E-state index contributed by atoms with van der Waals surface area (Å²) in [5.41, 5.74) is 1.13. The SMILES string of the molecule is CNC(CC(C)=O)c1cc(F)c(C)cc1Cl. The monoisotopic (exact) mass is 243 g/mol. The molecular weight excluding hydrogens is 229 g/mol. The second-order valence-electron chi connectivity index (χ2n) is 3.87. The number of aryl methyl sites for hydroxylation is 1. The summed E-state index contributed by atoms with van der Waals surface area (Å²) in [7, 11) is 1.72. The molecule has 0 aliphatic heterocycles. The van der Waals surface area contributed by atoms with Gasteiger partial charge in [0.1, 0.15) is 11.6 Å². The van der Waals surface area contributed by atoms with Crippen LogP contribution in [0.1, 0.15) is 30.5 Å². The van der Waals surface area contributed by atoms with Gasteiger partial charge in [-0.15, -0.1) is 0 Å². The van der Waals surface area contributed by atoms with E-state index in [2.05, 4.69) is 5.32 Å². The molecule has 0 bridgehead atoms. The van der Waals surface area contributed by atoms with E-state index in [9.17, 15) is 9.18 Å². The molecule has 0 amide bonds. The standard InChI is InChI=1S/C12H15ClFNO/c1-7-4-10(13)9(6-11(7)14)12(15-3)5-8(2)16/h4,6,12,15H,5H2,1-3H3. The maximum absolute atomic E-state index is 13.4. The van der Waals surface area contributed by atoms with Crippen LogP contribution in [0.5, 0.6) is 0 Å². The van der Waals surface area contributed by atoms with Crippen LogP contribution >= 0.6 is 11.6 Å². The van der Waals surface area contributed by atoms with Crippen molar-refractivity contribution in [1.29, 1.82) is 0 Å². The number of ketones is 1. The normalized spacial score (nSPS) is 12.6. The topological polar surface area (TPSA) is 29.1 Å². The highest BCUT2D eigenvalue weighted by Crippen LogP contribution is 2.27. The number of benzene rings is 1. The summed E-state index contributed by atoms with van der Waals surface area (Å²) in [6.07, 6.45) is 0.304. The van der Waals surface area contributed by atoms with Gasteiger partial charge in [0.25, 0.3) is 0 Å². The number of hydrogen-bond donors (Lipinski definition) is 1. The Balaban J connectivity index is 3.09. The van der Waals surface area contributed by atoms with Crippen LogP contribution in [-0.4, -0.2) is 12.8 Å². The molecule has 2 nitrogen and oxygen atoms in total. The van der Waals surface area contributed by atoms with Crippen molar-refractivity contribution in [3.8, 4) is 0 Å². The largest absolute Gasteiger partial charge is 0.313 e. The smallest absolute Gasteiger partial charge is 0.131 e. The highest BCUT2D eigenvalue weighted by atomic mass is 35.5. The summed E-state index contributed by atoms with van der Waals surface area (Å²) in [5.74, 6) is -0.264. The van der Waals surface area contributed by atoms with Gasteiger partial charge in [0.15, 0.2) is 0 Å². The number of carbonyl (C=O) groups is 1. The van der Waals surface area contributed by atoms with Gasteiger partial charge in [-0.05, 0) is 44.2 Å². The molecule has 1 N–H and O–H groups in total. The van der Waals surface area contributed by atoms with Gasteiger partial charge in [-0.2, -0.15) is 0 Å². The van der Waals surface area contributed by atoms with Crippen molar-refractivity contribution in [3.63, 3.8) is 0 Å². The Morgan fingerprint density at radius 2 is 2.19 bits per heavy atom. The molecule has 0 fully saturated rings. The Hall–Kier alpha value is -0.930. The molecule has 1 atom stereocenters. The Labute approximate surface area is 99.8 Å². The third kappa shape index (κ3) is 3.03. The van der Waals surface area contributed by atoms with Crippen molar-refractivity contribution in [1.82, 2.24) is 5.32 Å². The first kappa shape index (κ1) is 13.1. The molecule has 0 heterocycles. The molecule has 0 saturated heterocycles. The van der Waals surface area contributed by atoms with Crippen molar-refractivity contribution in [2.24, 2.45) is 0 Å². The highest BCUT2D eigenvalue weighted by molar-refractivity contribution is 6.31. The molecular formula is C12H15ClFNO. The molecule has 0 aliphatic rings. The van der Waals surface area contributed by atoms with Crippen molar-refractivity contribution >= 4 is 17.4 Å². The lowest BCUT2D eigenvalue weighted by atomic mass is 10.0. The molecule has 16 heavy (non-hydrogen) atoms. The van der Waals surface area contributed by atoms with E-state index in [-0.39, 0.29) is 17.6 Å². The minimum atomic E-state index is -0.303. The molecule has 0 aliphatic carbocycles. The Morgan fingerprint density at radius 1 is 1.56 bits per heavy atom. The maximum Gasteiger partial charge on any atom is 0.131 e. The van der Waals surface area contributed by atoms with Crippen molar-refractivity contribution in [2.45, 2.75) is 26.3 Å². The number of hydrogen-bond acceptors (Lipinski definition) is 2. The zero-order valence-electron chi connectivity index (χ0n) is 9.60. The van der Waals surface area contributed by atoms with Crippen molar-refractivity contribution < 1.29 is 9.18 Å². The number of Topliss-reactive ketones (excluding diaryl/α,β-unsaturated/α-hetero) is 1. The summed E-state index contributed by atoms with van der Waals surface area (Å²) < 4.78 is 13.4. The average Bonchev–Trinajstić information content (AvgIpc) is 2.20. The summed E-state index contributed by atoms with van der Waals surface area (Å²) >= 11 is 6.04. The van der Waals surface area contributed by atoms with E-state index in [0.29, 0.717) is 22.6 Å². The molecule has 1 unspecified atom stereocenters. The zero-order chi connectivity index (χ0) is 12.3. The van der Waals surface area contributed by atoms with E-state index in [1.807, 2.05) is 0 Å². The van der Waals surface area contributed by atoms with Gasteiger partial charge >= 0.3 is 0 Å². The number of halogens is 2. The van der Waals surface area contributed by atoms with Gasteiger partial charge in [0.2, 0.25) is 0 Å².